The van der Waals surface area contributed by atoms with E-state index in [0.29, 0.717) is 40.3 Å². The van der Waals surface area contributed by atoms with Gasteiger partial charge in [-0.25, -0.2) is 0 Å². The van der Waals surface area contributed by atoms with E-state index in [1.54, 1.807) is 0 Å². The van der Waals surface area contributed by atoms with Crippen LogP contribution in [-0.4, -0.2) is 52.0 Å². The van der Waals surface area contributed by atoms with Crippen molar-refractivity contribution in [3.63, 3.8) is 0 Å². The standard InChI is InChI=1S/C37H87Si7/c1-30(2,3)41(26,31(4,5)6)39(42(27,32(7,8)9)33(10,11)12)38(25)40(43(28,34(13,14)15)35(16,17)18)44(29,36(19,20)21)37(22,23)24/h1-29H3/q-1. The summed E-state index contributed by atoms with van der Waals surface area (Å²) in [7, 11) is -8.95. The summed E-state index contributed by atoms with van der Waals surface area (Å²) < 4.78 is 0. The molecule has 0 radical (unpaired) electrons. The Hall–Kier alpha value is 1.52. The lowest BCUT2D eigenvalue weighted by molar-refractivity contribution is 0.626. The molecule has 0 rings (SSSR count). The summed E-state index contributed by atoms with van der Waals surface area (Å²) in [5.74, 6) is 0. The molecule has 0 aromatic carbocycles. The Labute approximate surface area is 289 Å². The maximum absolute atomic E-state index is 3.07. The summed E-state index contributed by atoms with van der Waals surface area (Å²) in [4.78, 5) is 0. The van der Waals surface area contributed by atoms with Gasteiger partial charge in [-0.1, -0.05) is 239 Å². The van der Waals surface area contributed by atoms with Crippen molar-refractivity contribution in [1.82, 2.24) is 0 Å². The lowest BCUT2D eigenvalue weighted by Crippen LogP contribution is -2.83. The molecule has 0 spiro atoms. The topological polar surface area (TPSA) is 0 Å². The van der Waals surface area contributed by atoms with E-state index in [1.165, 1.54) is 0 Å². The van der Waals surface area contributed by atoms with Crippen LogP contribution >= 0.6 is 0 Å². The molecular formula is C37H87Si7-. The first-order valence-electron chi connectivity index (χ1n) is 18.0. The van der Waals surface area contributed by atoms with Crippen LogP contribution in [0.5, 0.6) is 0 Å². The van der Waals surface area contributed by atoms with E-state index >= 15 is 0 Å². The zero-order chi connectivity index (χ0) is 36.7. The van der Waals surface area contributed by atoms with Gasteiger partial charge in [-0.2, -0.15) is 21.7 Å². The van der Waals surface area contributed by atoms with Gasteiger partial charge in [0, 0.05) is 0 Å². The molecule has 0 aliphatic carbocycles. The number of rotatable bonds is 5. The largest absolute Gasteiger partial charge is 0.187 e. The van der Waals surface area contributed by atoms with E-state index < -0.39 is 52.0 Å². The van der Waals surface area contributed by atoms with Crippen LogP contribution in [-0.2, 0) is 0 Å². The summed E-state index contributed by atoms with van der Waals surface area (Å²) in [6.45, 7) is 79.5. The molecule has 0 fully saturated rings. The molecular weight excluding hydrogens is 641 g/mol. The number of hydrogen-bond acceptors (Lipinski definition) is 0. The molecule has 0 aromatic rings. The second-order valence-electron chi connectivity index (χ2n) is 23.9. The van der Waals surface area contributed by atoms with Gasteiger partial charge < -0.3 is 0 Å². The molecule has 0 heterocycles. The zero-order valence-corrected chi connectivity index (χ0v) is 43.5. The minimum atomic E-state index is -1.88. The SMILES string of the molecule is C[Si](=[Si]([Si](C)(C(C)(C)C)C(C)(C)C)[Si](C)(C(C)(C)C)C(C)(C)C)[Si-]([Si](C)(C(C)(C)C)C(C)(C)C)[Si](C)(C(C)(C)C)C(C)(C)C. The molecule has 0 aliphatic rings. The van der Waals surface area contributed by atoms with Crippen LogP contribution in [0.25, 0.3) is 0 Å². The van der Waals surface area contributed by atoms with Crippen LogP contribution in [0.2, 0.25) is 73.0 Å². The zero-order valence-electron chi connectivity index (χ0n) is 36.5. The highest BCUT2D eigenvalue weighted by molar-refractivity contribution is 7.88. The van der Waals surface area contributed by atoms with E-state index in [9.17, 15) is 0 Å². The Bertz CT molecular complexity index is 907. The van der Waals surface area contributed by atoms with E-state index in [4.69, 9.17) is 0 Å². The van der Waals surface area contributed by atoms with Gasteiger partial charge in [-0.05, 0) is 30.4 Å². The molecule has 0 bridgehead atoms. The molecule has 0 unspecified atom stereocenters. The molecule has 0 amide bonds. The molecule has 44 heavy (non-hydrogen) atoms. The predicted octanol–water partition coefficient (Wildman–Crippen LogP) is 14.3. The Balaban J connectivity index is 9.87. The fourth-order valence-electron chi connectivity index (χ4n) is 10.1. The monoisotopic (exact) mass is 728 g/mol. The van der Waals surface area contributed by atoms with Crippen molar-refractivity contribution in [2.45, 2.75) is 239 Å². The van der Waals surface area contributed by atoms with Crippen LogP contribution in [0.1, 0.15) is 166 Å². The Morgan fingerprint density at radius 2 is 0.477 bits per heavy atom. The molecule has 0 aliphatic heterocycles. The average molecular weight is 729 g/mol. The summed E-state index contributed by atoms with van der Waals surface area (Å²) >= 11 is 0. The third kappa shape index (κ3) is 7.07. The van der Waals surface area contributed by atoms with Crippen LogP contribution in [0, 0.1) is 0 Å². The minimum absolute atomic E-state index is 0.381. The van der Waals surface area contributed by atoms with Gasteiger partial charge in [-0.15, -0.1) is 0 Å². The minimum Gasteiger partial charge on any atom is -0.187 e. The molecule has 0 saturated heterocycles. The van der Waals surface area contributed by atoms with Crippen molar-refractivity contribution < 1.29 is 0 Å². The van der Waals surface area contributed by atoms with Crippen molar-refractivity contribution in [3.8, 4) is 0 Å². The van der Waals surface area contributed by atoms with Crippen molar-refractivity contribution in [1.29, 1.82) is 0 Å². The van der Waals surface area contributed by atoms with Gasteiger partial charge in [0.05, 0.1) is 0 Å². The maximum atomic E-state index is 3.07. The first-order chi connectivity index (χ1) is 18.4. The fourth-order valence-corrected chi connectivity index (χ4v) is 219. The van der Waals surface area contributed by atoms with Crippen LogP contribution in [0.15, 0.2) is 0 Å². The van der Waals surface area contributed by atoms with Crippen molar-refractivity contribution in [3.05, 3.63) is 0 Å². The molecule has 0 saturated carbocycles. The molecule has 0 aromatic heterocycles. The molecule has 7 heteroatoms. The quantitative estimate of drug-likeness (QED) is 0.247. The van der Waals surface area contributed by atoms with Crippen molar-refractivity contribution in [2.24, 2.45) is 0 Å². The van der Waals surface area contributed by atoms with Gasteiger partial charge in [0.2, 0.25) is 0 Å². The van der Waals surface area contributed by atoms with E-state index in [0.717, 1.165) is 0 Å². The molecule has 264 valence electrons. The second-order valence-corrected chi connectivity index (χ2v) is 83.6. The van der Waals surface area contributed by atoms with Gasteiger partial charge in [0.1, 0.15) is 0 Å². The third-order valence-electron chi connectivity index (χ3n) is 14.8. The highest BCUT2D eigenvalue weighted by atomic mass is 30.0. The van der Waals surface area contributed by atoms with Crippen LogP contribution < -0.4 is 0 Å². The lowest BCUT2D eigenvalue weighted by atomic mass is 10.2. The highest BCUT2D eigenvalue weighted by Gasteiger charge is 2.63. The first-order valence-corrected chi connectivity index (χ1v) is 39.0. The van der Waals surface area contributed by atoms with Crippen molar-refractivity contribution in [2.75, 3.05) is 0 Å². The second kappa shape index (κ2) is 12.4. The summed E-state index contributed by atoms with van der Waals surface area (Å²) in [6.07, 6.45) is 0. The van der Waals surface area contributed by atoms with Gasteiger partial charge >= 0.3 is 0 Å². The van der Waals surface area contributed by atoms with E-state index in [1.807, 2.05) is 0 Å². The molecule has 0 N–H and O–H groups in total. The smallest absolute Gasteiger partial charge is 0.00862 e. The first kappa shape index (κ1) is 45.5. The average Bonchev–Trinajstić information content (AvgIpc) is 2.66. The summed E-state index contributed by atoms with van der Waals surface area (Å²) in [5, 5.41) is 3.05. The molecule has 0 nitrogen and oxygen atoms in total. The Kier molecular flexibility index (Phi) is 12.8. The predicted molar refractivity (Wildman–Crippen MR) is 227 cm³/mol. The van der Waals surface area contributed by atoms with Crippen molar-refractivity contribution >= 4 is 52.0 Å². The van der Waals surface area contributed by atoms with Crippen LogP contribution in [0.4, 0.5) is 0 Å². The lowest BCUT2D eigenvalue weighted by Gasteiger charge is -2.73. The maximum Gasteiger partial charge on any atom is -0.00862 e. The van der Waals surface area contributed by atoms with E-state index in [2.05, 4.69) is 199 Å². The van der Waals surface area contributed by atoms with Gasteiger partial charge in [0.15, 0.2) is 0 Å². The third-order valence-corrected chi connectivity index (χ3v) is 142. The highest BCUT2D eigenvalue weighted by Crippen LogP contribution is 2.63. The Morgan fingerprint density at radius 1 is 0.318 bits per heavy atom. The summed E-state index contributed by atoms with van der Waals surface area (Å²) in [5.41, 5.74) is 0. The van der Waals surface area contributed by atoms with Crippen LogP contribution in [0.3, 0.4) is 0 Å². The summed E-state index contributed by atoms with van der Waals surface area (Å²) in [6, 6.07) is 0. The molecule has 0 atom stereocenters. The normalized spacial score (nSPS) is 16.3. The van der Waals surface area contributed by atoms with Gasteiger partial charge in [0.25, 0.3) is 0 Å². The Morgan fingerprint density at radius 3 is 0.591 bits per heavy atom. The number of hydrogen-bond donors (Lipinski definition) is 0. The fraction of sp³-hybridized carbons (Fsp3) is 1.00. The van der Waals surface area contributed by atoms with E-state index in [-0.39, 0.29) is 0 Å². The van der Waals surface area contributed by atoms with Gasteiger partial charge in [-0.3, -0.25) is 0 Å².